The Morgan fingerprint density at radius 3 is 2.42 bits per heavy atom. The number of carbonyl (C=O) groups is 2. The molecule has 4 nitrogen and oxygen atoms in total. The van der Waals surface area contributed by atoms with Gasteiger partial charge >= 0.3 is 0 Å². The molecule has 0 bridgehead atoms. The van der Waals surface area contributed by atoms with E-state index in [1.165, 1.54) is 0 Å². The van der Waals surface area contributed by atoms with E-state index in [1.807, 2.05) is 60.7 Å². The zero-order chi connectivity index (χ0) is 17.9. The van der Waals surface area contributed by atoms with E-state index in [-0.39, 0.29) is 0 Å². The van der Waals surface area contributed by atoms with Gasteiger partial charge in [-0.05, 0) is 29.8 Å². The number of nitrogens with one attached hydrogen (secondary N) is 2. The zero-order valence-electron chi connectivity index (χ0n) is 13.9. The molecule has 4 rings (SSSR count). The second-order valence-corrected chi connectivity index (χ2v) is 6.98. The molecular formula is C21H16N2O2S. The number of benzene rings is 3. The number of ketones is 1. The van der Waals surface area contributed by atoms with E-state index in [1.54, 1.807) is 23.9 Å². The molecule has 3 aromatic carbocycles. The Labute approximate surface area is 155 Å². The summed E-state index contributed by atoms with van der Waals surface area (Å²) in [5.41, 5.74) is 2.97. The lowest BCUT2D eigenvalue weighted by molar-refractivity contribution is -0.117. The third-order valence-electron chi connectivity index (χ3n) is 4.14. The minimum atomic E-state index is -0.604. The highest BCUT2D eigenvalue weighted by molar-refractivity contribution is 7.99. The Morgan fingerprint density at radius 2 is 1.58 bits per heavy atom. The van der Waals surface area contributed by atoms with Crippen molar-refractivity contribution in [3.63, 3.8) is 0 Å². The van der Waals surface area contributed by atoms with E-state index in [4.69, 9.17) is 0 Å². The van der Waals surface area contributed by atoms with Crippen LogP contribution in [-0.2, 0) is 11.3 Å². The summed E-state index contributed by atoms with van der Waals surface area (Å²) in [6, 6.07) is 22.9. The lowest BCUT2D eigenvalue weighted by Crippen LogP contribution is -2.31. The van der Waals surface area contributed by atoms with Crippen LogP contribution >= 0.6 is 11.8 Å². The van der Waals surface area contributed by atoms with Gasteiger partial charge in [-0.1, -0.05) is 60.3 Å². The molecule has 0 spiro atoms. The van der Waals surface area contributed by atoms with Crippen LogP contribution in [0.5, 0.6) is 0 Å². The number of para-hydroxylation sites is 2. The van der Waals surface area contributed by atoms with Gasteiger partial charge < -0.3 is 10.6 Å². The van der Waals surface area contributed by atoms with Crippen molar-refractivity contribution in [3.8, 4) is 0 Å². The van der Waals surface area contributed by atoms with E-state index in [2.05, 4.69) is 10.6 Å². The van der Waals surface area contributed by atoms with Gasteiger partial charge in [0.2, 0.25) is 0 Å². The summed E-state index contributed by atoms with van der Waals surface area (Å²) in [4.78, 5) is 27.1. The Kier molecular flexibility index (Phi) is 4.46. The number of carbonyl (C=O) groups excluding carboxylic acids is 2. The van der Waals surface area contributed by atoms with Crippen LogP contribution in [0.2, 0.25) is 0 Å². The summed E-state index contributed by atoms with van der Waals surface area (Å²) in [6.45, 7) is 0.325. The van der Waals surface area contributed by atoms with Crippen molar-refractivity contribution in [2.75, 3.05) is 5.32 Å². The molecule has 5 heteroatoms. The summed E-state index contributed by atoms with van der Waals surface area (Å²) in [5, 5.41) is 6.00. The number of Topliss-reactive ketones (excluding diaryl/α,β-unsaturated/α-hetero) is 1. The fourth-order valence-corrected chi connectivity index (χ4v) is 3.85. The van der Waals surface area contributed by atoms with Crippen LogP contribution in [0.3, 0.4) is 0 Å². The van der Waals surface area contributed by atoms with Crippen molar-refractivity contribution in [1.29, 1.82) is 0 Å². The van der Waals surface area contributed by atoms with Crippen LogP contribution < -0.4 is 10.6 Å². The number of rotatable bonds is 4. The number of anilines is 2. The van der Waals surface area contributed by atoms with Crippen molar-refractivity contribution in [3.05, 3.63) is 83.9 Å². The normalized spacial score (nSPS) is 11.7. The molecule has 1 heterocycles. The molecule has 0 aromatic heterocycles. The Hall–Kier alpha value is -3.05. The fourth-order valence-electron chi connectivity index (χ4n) is 2.83. The largest absolute Gasteiger partial charge is 0.353 e. The molecule has 1 amide bonds. The standard InChI is InChI=1S/C21H16N2O2S/c24-20(21(25)22-13-14-7-2-1-3-8-14)15-9-6-12-18-19(15)23-16-10-4-5-11-17(16)26-18/h1-12,23H,13H2,(H,22,25). The third kappa shape index (κ3) is 3.21. The van der Waals surface area contributed by atoms with Crippen LogP contribution in [0.25, 0.3) is 0 Å². The highest BCUT2D eigenvalue weighted by Crippen LogP contribution is 2.45. The van der Waals surface area contributed by atoms with Gasteiger partial charge in [0, 0.05) is 16.3 Å². The highest BCUT2D eigenvalue weighted by Gasteiger charge is 2.24. The van der Waals surface area contributed by atoms with E-state index in [0.29, 0.717) is 17.8 Å². The molecular weight excluding hydrogens is 344 g/mol. The molecule has 0 atom stereocenters. The molecule has 1 aliphatic heterocycles. The van der Waals surface area contributed by atoms with Crippen molar-refractivity contribution >= 4 is 34.8 Å². The molecule has 0 aliphatic carbocycles. The molecule has 1 aliphatic rings. The van der Waals surface area contributed by atoms with Gasteiger partial charge in [-0.15, -0.1) is 0 Å². The zero-order valence-corrected chi connectivity index (χ0v) is 14.7. The van der Waals surface area contributed by atoms with Crippen LogP contribution in [0.15, 0.2) is 82.6 Å². The predicted octanol–water partition coefficient (Wildman–Crippen LogP) is 4.39. The predicted molar refractivity (Wildman–Crippen MR) is 103 cm³/mol. The van der Waals surface area contributed by atoms with Crippen molar-refractivity contribution in [2.24, 2.45) is 0 Å². The van der Waals surface area contributed by atoms with Gasteiger partial charge in [-0.3, -0.25) is 9.59 Å². The van der Waals surface area contributed by atoms with Crippen LogP contribution in [0.1, 0.15) is 15.9 Å². The number of hydrogen-bond acceptors (Lipinski definition) is 4. The minimum Gasteiger partial charge on any atom is -0.353 e. The lowest BCUT2D eigenvalue weighted by atomic mass is 10.1. The van der Waals surface area contributed by atoms with E-state index in [9.17, 15) is 9.59 Å². The fraction of sp³-hybridized carbons (Fsp3) is 0.0476. The first-order valence-corrected chi connectivity index (χ1v) is 9.07. The van der Waals surface area contributed by atoms with Gasteiger partial charge in [0.1, 0.15) is 0 Å². The summed E-state index contributed by atoms with van der Waals surface area (Å²) in [7, 11) is 0. The Morgan fingerprint density at radius 1 is 0.846 bits per heavy atom. The SMILES string of the molecule is O=C(NCc1ccccc1)C(=O)c1cccc2c1Nc1ccccc1S2. The van der Waals surface area contributed by atoms with Gasteiger partial charge in [-0.2, -0.15) is 0 Å². The molecule has 0 unspecified atom stereocenters. The van der Waals surface area contributed by atoms with Crippen LogP contribution in [-0.4, -0.2) is 11.7 Å². The van der Waals surface area contributed by atoms with Crippen LogP contribution in [0.4, 0.5) is 11.4 Å². The van der Waals surface area contributed by atoms with Crippen molar-refractivity contribution in [1.82, 2.24) is 5.32 Å². The molecule has 0 fully saturated rings. The van der Waals surface area contributed by atoms with E-state index in [0.717, 1.165) is 21.0 Å². The van der Waals surface area contributed by atoms with Gasteiger partial charge in [-0.25, -0.2) is 0 Å². The summed E-state index contributed by atoms with van der Waals surface area (Å²) in [5.74, 6) is -1.14. The van der Waals surface area contributed by atoms with E-state index < -0.39 is 11.7 Å². The lowest BCUT2D eigenvalue weighted by Gasteiger charge is -2.22. The highest BCUT2D eigenvalue weighted by atomic mass is 32.2. The molecule has 3 aromatic rings. The average molecular weight is 360 g/mol. The summed E-state index contributed by atoms with van der Waals surface area (Å²) < 4.78 is 0. The second kappa shape index (κ2) is 7.06. The summed E-state index contributed by atoms with van der Waals surface area (Å²) in [6.07, 6.45) is 0. The van der Waals surface area contributed by atoms with Gasteiger partial charge in [0.15, 0.2) is 0 Å². The van der Waals surface area contributed by atoms with Gasteiger partial charge in [0.05, 0.1) is 16.9 Å². The second-order valence-electron chi connectivity index (χ2n) is 5.90. The number of amides is 1. The molecule has 128 valence electrons. The van der Waals surface area contributed by atoms with Crippen molar-refractivity contribution < 1.29 is 9.59 Å². The first-order chi connectivity index (χ1) is 12.7. The quantitative estimate of drug-likeness (QED) is 0.418. The molecule has 26 heavy (non-hydrogen) atoms. The maximum Gasteiger partial charge on any atom is 0.292 e. The topological polar surface area (TPSA) is 58.2 Å². The molecule has 2 N–H and O–H groups in total. The number of hydrogen-bond donors (Lipinski definition) is 2. The smallest absolute Gasteiger partial charge is 0.292 e. The first kappa shape index (κ1) is 16.4. The van der Waals surface area contributed by atoms with E-state index >= 15 is 0 Å². The number of fused-ring (bicyclic) bond motifs is 2. The molecule has 0 saturated carbocycles. The maximum absolute atomic E-state index is 12.7. The van der Waals surface area contributed by atoms with Crippen LogP contribution in [0, 0.1) is 0 Å². The monoisotopic (exact) mass is 360 g/mol. The first-order valence-electron chi connectivity index (χ1n) is 8.26. The molecule has 0 saturated heterocycles. The average Bonchev–Trinajstić information content (AvgIpc) is 2.70. The third-order valence-corrected chi connectivity index (χ3v) is 5.28. The minimum absolute atomic E-state index is 0.325. The Bertz CT molecular complexity index is 986. The van der Waals surface area contributed by atoms with Gasteiger partial charge in [0.25, 0.3) is 11.7 Å². The molecule has 0 radical (unpaired) electrons. The summed E-state index contributed by atoms with van der Waals surface area (Å²) >= 11 is 1.59. The maximum atomic E-state index is 12.7. The Balaban J connectivity index is 1.55. The van der Waals surface area contributed by atoms with Crippen molar-refractivity contribution in [2.45, 2.75) is 16.3 Å².